The Hall–Kier alpha value is -1.93. The van der Waals surface area contributed by atoms with Gasteiger partial charge in [-0.3, -0.25) is 4.79 Å². The van der Waals surface area contributed by atoms with Gasteiger partial charge in [-0.15, -0.1) is 0 Å². The second kappa shape index (κ2) is 8.25. The number of amides is 1. The molecule has 1 amide bonds. The normalized spacial score (nSPS) is 10.9. The number of nitrogens with zero attached hydrogens (tertiary/aromatic N) is 2. The van der Waals surface area contributed by atoms with Crippen molar-refractivity contribution in [2.75, 3.05) is 24.8 Å². The zero-order valence-electron chi connectivity index (χ0n) is 13.7. The summed E-state index contributed by atoms with van der Waals surface area (Å²) < 4.78 is 34.1. The van der Waals surface area contributed by atoms with Crippen LogP contribution in [0.25, 0.3) is 0 Å². The standard InChI is InChI=1S/C16H19F2N3O2S/c1-10-11(2)21(7-8-23-3)16(19-10)24-9-14(22)20-15-12(17)5-4-6-13(15)18/h4-6H,7-9H2,1-3H3,(H,20,22). The summed E-state index contributed by atoms with van der Waals surface area (Å²) in [5.74, 6) is -2.11. The lowest BCUT2D eigenvalue weighted by Crippen LogP contribution is -2.17. The van der Waals surface area contributed by atoms with Crippen LogP contribution in [0.5, 0.6) is 0 Å². The van der Waals surface area contributed by atoms with E-state index in [9.17, 15) is 13.6 Å². The number of benzene rings is 1. The maximum absolute atomic E-state index is 13.5. The van der Waals surface area contributed by atoms with E-state index in [0.29, 0.717) is 18.3 Å². The minimum absolute atomic E-state index is 0.00332. The van der Waals surface area contributed by atoms with Gasteiger partial charge in [-0.05, 0) is 26.0 Å². The van der Waals surface area contributed by atoms with Gasteiger partial charge in [-0.2, -0.15) is 0 Å². The number of imidazole rings is 1. The van der Waals surface area contributed by atoms with Crippen LogP contribution in [0.2, 0.25) is 0 Å². The first-order chi connectivity index (χ1) is 11.4. The maximum atomic E-state index is 13.5. The lowest BCUT2D eigenvalue weighted by Gasteiger charge is -2.10. The smallest absolute Gasteiger partial charge is 0.235 e. The van der Waals surface area contributed by atoms with E-state index >= 15 is 0 Å². The van der Waals surface area contributed by atoms with Crippen LogP contribution in [0.15, 0.2) is 23.4 Å². The Kier molecular flexibility index (Phi) is 6.33. The predicted molar refractivity (Wildman–Crippen MR) is 89.3 cm³/mol. The van der Waals surface area contributed by atoms with Crippen molar-refractivity contribution in [2.45, 2.75) is 25.5 Å². The number of halogens is 2. The van der Waals surface area contributed by atoms with Gasteiger partial charge < -0.3 is 14.6 Å². The van der Waals surface area contributed by atoms with Crippen molar-refractivity contribution in [2.24, 2.45) is 0 Å². The number of hydrogen-bond donors (Lipinski definition) is 1. The summed E-state index contributed by atoms with van der Waals surface area (Å²) in [5, 5.41) is 2.93. The topological polar surface area (TPSA) is 56.1 Å². The summed E-state index contributed by atoms with van der Waals surface area (Å²) in [6.45, 7) is 4.97. The first kappa shape index (κ1) is 18.4. The molecule has 1 aromatic carbocycles. The molecular formula is C16H19F2N3O2S. The molecule has 0 atom stereocenters. The van der Waals surface area contributed by atoms with E-state index in [1.165, 1.54) is 17.8 Å². The van der Waals surface area contributed by atoms with Gasteiger partial charge in [0, 0.05) is 19.3 Å². The molecule has 0 fully saturated rings. The Balaban J connectivity index is 2.03. The number of hydrogen-bond acceptors (Lipinski definition) is 4. The molecule has 8 heteroatoms. The number of para-hydroxylation sites is 1. The molecule has 0 saturated heterocycles. The molecule has 130 valence electrons. The minimum atomic E-state index is -0.804. The van der Waals surface area contributed by atoms with Crippen LogP contribution in [0.3, 0.4) is 0 Å². The van der Waals surface area contributed by atoms with E-state index in [4.69, 9.17) is 4.74 Å². The minimum Gasteiger partial charge on any atom is -0.383 e. The SMILES string of the molecule is COCCn1c(SCC(=O)Nc2c(F)cccc2F)nc(C)c1C. The molecule has 24 heavy (non-hydrogen) atoms. The molecule has 0 unspecified atom stereocenters. The van der Waals surface area contributed by atoms with E-state index in [1.807, 2.05) is 18.4 Å². The van der Waals surface area contributed by atoms with Gasteiger partial charge in [-0.25, -0.2) is 13.8 Å². The van der Waals surface area contributed by atoms with Gasteiger partial charge >= 0.3 is 0 Å². The number of nitrogens with one attached hydrogen (secondary N) is 1. The molecule has 5 nitrogen and oxygen atoms in total. The van der Waals surface area contributed by atoms with Crippen LogP contribution in [0.1, 0.15) is 11.4 Å². The Morgan fingerprint density at radius 1 is 1.33 bits per heavy atom. The highest BCUT2D eigenvalue weighted by Crippen LogP contribution is 2.22. The zero-order chi connectivity index (χ0) is 17.7. The third-order valence-corrected chi connectivity index (χ3v) is 4.48. The maximum Gasteiger partial charge on any atom is 0.235 e. The van der Waals surface area contributed by atoms with Gasteiger partial charge in [0.25, 0.3) is 0 Å². The summed E-state index contributed by atoms with van der Waals surface area (Å²) >= 11 is 1.21. The fourth-order valence-corrected chi connectivity index (χ4v) is 3.02. The van der Waals surface area contributed by atoms with E-state index in [1.54, 1.807) is 7.11 Å². The highest BCUT2D eigenvalue weighted by Gasteiger charge is 2.15. The van der Waals surface area contributed by atoms with Crippen molar-refractivity contribution >= 4 is 23.4 Å². The molecule has 1 aromatic heterocycles. The van der Waals surface area contributed by atoms with E-state index in [0.717, 1.165) is 23.5 Å². The van der Waals surface area contributed by atoms with Crippen LogP contribution in [0, 0.1) is 25.5 Å². The molecule has 1 heterocycles. The molecule has 0 bridgehead atoms. The van der Waals surface area contributed by atoms with Gasteiger partial charge in [0.2, 0.25) is 5.91 Å². The first-order valence-electron chi connectivity index (χ1n) is 7.33. The third-order valence-electron chi connectivity index (χ3n) is 3.50. The summed E-state index contributed by atoms with van der Waals surface area (Å²) in [7, 11) is 1.61. The number of anilines is 1. The monoisotopic (exact) mass is 355 g/mol. The van der Waals surface area contributed by atoms with E-state index in [2.05, 4.69) is 10.3 Å². The lowest BCUT2D eigenvalue weighted by atomic mass is 10.3. The molecule has 0 aliphatic carbocycles. The number of carbonyl (C=O) groups is 1. The van der Waals surface area contributed by atoms with Crippen LogP contribution >= 0.6 is 11.8 Å². The fraction of sp³-hybridized carbons (Fsp3) is 0.375. The highest BCUT2D eigenvalue weighted by atomic mass is 32.2. The van der Waals surface area contributed by atoms with Crippen molar-refractivity contribution in [1.29, 1.82) is 0 Å². The van der Waals surface area contributed by atoms with Gasteiger partial charge in [0.1, 0.15) is 17.3 Å². The summed E-state index contributed by atoms with van der Waals surface area (Å²) in [4.78, 5) is 16.4. The van der Waals surface area contributed by atoms with Gasteiger partial charge in [0.05, 0.1) is 18.1 Å². The Morgan fingerprint density at radius 3 is 2.62 bits per heavy atom. The first-order valence-corrected chi connectivity index (χ1v) is 8.32. The van der Waals surface area contributed by atoms with Crippen LogP contribution < -0.4 is 5.32 Å². The highest BCUT2D eigenvalue weighted by molar-refractivity contribution is 7.99. The number of methoxy groups -OCH3 is 1. The second-order valence-corrected chi connectivity index (χ2v) is 6.09. The lowest BCUT2D eigenvalue weighted by molar-refractivity contribution is -0.113. The summed E-state index contributed by atoms with van der Waals surface area (Å²) in [6, 6.07) is 3.43. The van der Waals surface area contributed by atoms with E-state index in [-0.39, 0.29) is 5.75 Å². The molecule has 2 rings (SSSR count). The number of aryl methyl sites for hydroxylation is 1. The fourth-order valence-electron chi connectivity index (χ4n) is 2.10. The largest absolute Gasteiger partial charge is 0.383 e. The van der Waals surface area contributed by atoms with Crippen molar-refractivity contribution in [3.05, 3.63) is 41.2 Å². The number of thioether (sulfide) groups is 1. The quantitative estimate of drug-likeness (QED) is 0.775. The van der Waals surface area contributed by atoms with Crippen LogP contribution in [-0.2, 0) is 16.1 Å². The van der Waals surface area contributed by atoms with E-state index < -0.39 is 23.2 Å². The molecule has 0 aliphatic heterocycles. The molecule has 0 spiro atoms. The van der Waals surface area contributed by atoms with Gasteiger partial charge in [-0.1, -0.05) is 17.8 Å². The average Bonchev–Trinajstić information content (AvgIpc) is 2.81. The average molecular weight is 355 g/mol. The Labute approximate surface area is 143 Å². The molecule has 2 aromatic rings. The number of ether oxygens (including phenoxy) is 1. The molecule has 0 aliphatic rings. The second-order valence-electron chi connectivity index (χ2n) is 5.14. The third kappa shape index (κ3) is 4.33. The number of aromatic nitrogens is 2. The zero-order valence-corrected chi connectivity index (χ0v) is 14.5. The summed E-state index contributed by atoms with van der Waals surface area (Å²) in [6.07, 6.45) is 0. The Morgan fingerprint density at radius 2 is 2.00 bits per heavy atom. The summed E-state index contributed by atoms with van der Waals surface area (Å²) in [5.41, 5.74) is 1.43. The molecule has 1 N–H and O–H groups in total. The van der Waals surface area contributed by atoms with Crippen LogP contribution in [0.4, 0.5) is 14.5 Å². The predicted octanol–water partition coefficient (Wildman–Crippen LogP) is 3.16. The van der Waals surface area contributed by atoms with Crippen molar-refractivity contribution in [3.63, 3.8) is 0 Å². The van der Waals surface area contributed by atoms with Crippen molar-refractivity contribution < 1.29 is 18.3 Å². The van der Waals surface area contributed by atoms with Crippen molar-refractivity contribution in [3.8, 4) is 0 Å². The van der Waals surface area contributed by atoms with Crippen molar-refractivity contribution in [1.82, 2.24) is 9.55 Å². The number of carbonyl (C=O) groups excluding carboxylic acids is 1. The van der Waals surface area contributed by atoms with Crippen LogP contribution in [-0.4, -0.2) is 34.9 Å². The Bertz CT molecular complexity index is 714. The molecule has 0 radical (unpaired) electrons. The molecular weight excluding hydrogens is 336 g/mol. The van der Waals surface area contributed by atoms with Gasteiger partial charge in [0.15, 0.2) is 5.16 Å². The molecule has 0 saturated carbocycles. The number of rotatable bonds is 7.